The summed E-state index contributed by atoms with van der Waals surface area (Å²) in [6.45, 7) is 8.51. The van der Waals surface area contributed by atoms with Crippen LogP contribution in [0.5, 0.6) is 0 Å². The van der Waals surface area contributed by atoms with Gasteiger partial charge in [-0.2, -0.15) is 0 Å². The van der Waals surface area contributed by atoms with E-state index >= 15 is 0 Å². The summed E-state index contributed by atoms with van der Waals surface area (Å²) >= 11 is 0. The maximum atomic E-state index is 11.4. The summed E-state index contributed by atoms with van der Waals surface area (Å²) in [6, 6.07) is 0. The molecule has 0 amide bonds. The fraction of sp³-hybridized carbons (Fsp3) is 0.750. The van der Waals surface area contributed by atoms with Crippen LogP contribution < -0.4 is 0 Å². The van der Waals surface area contributed by atoms with Crippen LogP contribution in [-0.2, 0) is 4.79 Å². The molecular formula is C12H18O. The summed E-state index contributed by atoms with van der Waals surface area (Å²) in [5.41, 5.74) is 3.33. The van der Waals surface area contributed by atoms with E-state index in [0.717, 1.165) is 12.3 Å². The van der Waals surface area contributed by atoms with Gasteiger partial charge in [0, 0.05) is 5.92 Å². The minimum Gasteiger partial charge on any atom is -0.299 e. The molecule has 1 heteroatoms. The van der Waals surface area contributed by atoms with Crippen LogP contribution in [-0.4, -0.2) is 5.78 Å². The van der Waals surface area contributed by atoms with E-state index in [1.165, 1.54) is 12.0 Å². The summed E-state index contributed by atoms with van der Waals surface area (Å²) in [5.74, 6) is 1.37. The molecule has 1 nitrogen and oxygen atoms in total. The maximum absolute atomic E-state index is 11.4. The van der Waals surface area contributed by atoms with Gasteiger partial charge in [0.1, 0.15) is 5.78 Å². The number of carbonyl (C=O) groups excluding carboxylic acids is 1. The smallest absolute Gasteiger partial charge is 0.136 e. The average Bonchev–Trinajstić information content (AvgIpc) is 2.02. The molecule has 0 aliphatic heterocycles. The molecule has 72 valence electrons. The van der Waals surface area contributed by atoms with E-state index in [-0.39, 0.29) is 5.92 Å². The van der Waals surface area contributed by atoms with E-state index in [1.807, 2.05) is 0 Å². The average molecular weight is 178 g/mol. The molecule has 2 bridgehead atoms. The Balaban J connectivity index is 2.36. The molecule has 0 spiro atoms. The molecule has 0 radical (unpaired) electrons. The molecule has 1 fully saturated rings. The van der Waals surface area contributed by atoms with E-state index in [1.54, 1.807) is 12.5 Å². The first-order chi connectivity index (χ1) is 5.94. The number of ketones is 1. The van der Waals surface area contributed by atoms with E-state index in [4.69, 9.17) is 0 Å². The zero-order valence-corrected chi connectivity index (χ0v) is 8.98. The Morgan fingerprint density at radius 2 is 2.08 bits per heavy atom. The third-order valence-electron chi connectivity index (χ3n) is 4.26. The zero-order valence-electron chi connectivity index (χ0n) is 8.98. The van der Waals surface area contributed by atoms with E-state index in [0.29, 0.717) is 11.2 Å². The number of fused-ring (bicyclic) bond motifs is 2. The van der Waals surface area contributed by atoms with Gasteiger partial charge in [-0.1, -0.05) is 25.0 Å². The monoisotopic (exact) mass is 178 g/mol. The summed E-state index contributed by atoms with van der Waals surface area (Å²) in [6.07, 6.45) is 2.35. The molecule has 0 aromatic rings. The van der Waals surface area contributed by atoms with Crippen molar-refractivity contribution in [2.45, 2.75) is 40.5 Å². The highest BCUT2D eigenvalue weighted by molar-refractivity contribution is 5.82. The Kier molecular flexibility index (Phi) is 1.70. The molecule has 0 heterocycles. The van der Waals surface area contributed by atoms with Gasteiger partial charge in [-0.25, -0.2) is 0 Å². The molecule has 2 atom stereocenters. The highest BCUT2D eigenvalue weighted by Gasteiger charge is 2.50. The Morgan fingerprint density at radius 1 is 1.46 bits per heavy atom. The predicted molar refractivity (Wildman–Crippen MR) is 53.4 cm³/mol. The van der Waals surface area contributed by atoms with Crippen LogP contribution in [0.15, 0.2) is 11.1 Å². The molecule has 0 aromatic heterocycles. The normalized spacial score (nSPS) is 35.7. The van der Waals surface area contributed by atoms with Gasteiger partial charge in [-0.05, 0) is 38.0 Å². The molecular weight excluding hydrogens is 160 g/mol. The highest BCUT2D eigenvalue weighted by atomic mass is 16.1. The minimum absolute atomic E-state index is 0.252. The quantitative estimate of drug-likeness (QED) is 0.564. The van der Waals surface area contributed by atoms with E-state index in [2.05, 4.69) is 20.8 Å². The number of hydrogen-bond donors (Lipinski definition) is 0. The number of carbonyl (C=O) groups is 1. The van der Waals surface area contributed by atoms with E-state index < -0.39 is 0 Å². The first-order valence-corrected chi connectivity index (χ1v) is 5.15. The fourth-order valence-corrected chi connectivity index (χ4v) is 3.07. The predicted octanol–water partition coefficient (Wildman–Crippen LogP) is 2.96. The van der Waals surface area contributed by atoms with Crippen molar-refractivity contribution in [2.24, 2.45) is 17.3 Å². The molecule has 0 aromatic carbocycles. The largest absolute Gasteiger partial charge is 0.299 e. The highest BCUT2D eigenvalue weighted by Crippen LogP contribution is 2.59. The van der Waals surface area contributed by atoms with Gasteiger partial charge >= 0.3 is 0 Å². The van der Waals surface area contributed by atoms with Crippen LogP contribution in [0.3, 0.4) is 0 Å². The number of rotatable bonds is 1. The third kappa shape index (κ3) is 1.02. The zero-order chi connectivity index (χ0) is 9.80. The first kappa shape index (κ1) is 8.98. The fourth-order valence-electron chi connectivity index (χ4n) is 3.07. The van der Waals surface area contributed by atoms with Crippen LogP contribution in [0.1, 0.15) is 40.5 Å². The second-order valence-electron chi connectivity index (χ2n) is 5.18. The SMILES string of the molecule is CC(=O)C1CC2CC(=C1C)C2(C)C. The van der Waals surface area contributed by atoms with Crippen molar-refractivity contribution < 1.29 is 4.79 Å². The molecule has 0 saturated heterocycles. The lowest BCUT2D eigenvalue weighted by atomic mass is 9.50. The number of Topliss-reactive ketones (excluding diaryl/α,β-unsaturated/α-hetero) is 1. The molecule has 2 unspecified atom stereocenters. The Labute approximate surface area is 80.2 Å². The second kappa shape index (κ2) is 2.46. The Hall–Kier alpha value is -0.590. The Morgan fingerprint density at radius 3 is 2.46 bits per heavy atom. The molecule has 13 heavy (non-hydrogen) atoms. The van der Waals surface area contributed by atoms with Crippen LogP contribution in [0, 0.1) is 17.3 Å². The van der Waals surface area contributed by atoms with Gasteiger partial charge in [0.25, 0.3) is 0 Å². The van der Waals surface area contributed by atoms with Crippen LogP contribution >= 0.6 is 0 Å². The summed E-state index contributed by atoms with van der Waals surface area (Å²) in [4.78, 5) is 11.4. The minimum atomic E-state index is 0.252. The summed E-state index contributed by atoms with van der Waals surface area (Å²) < 4.78 is 0. The van der Waals surface area contributed by atoms with Crippen LogP contribution in [0.4, 0.5) is 0 Å². The maximum Gasteiger partial charge on any atom is 0.136 e. The first-order valence-electron chi connectivity index (χ1n) is 5.15. The molecule has 3 aliphatic rings. The molecule has 1 saturated carbocycles. The van der Waals surface area contributed by atoms with Gasteiger partial charge in [-0.3, -0.25) is 4.79 Å². The molecule has 0 N–H and O–H groups in total. The van der Waals surface area contributed by atoms with Gasteiger partial charge in [0.15, 0.2) is 0 Å². The molecule has 3 aliphatic carbocycles. The van der Waals surface area contributed by atoms with Crippen molar-refractivity contribution in [3.63, 3.8) is 0 Å². The van der Waals surface area contributed by atoms with Gasteiger partial charge in [0.05, 0.1) is 0 Å². The van der Waals surface area contributed by atoms with Crippen molar-refractivity contribution in [2.75, 3.05) is 0 Å². The lowest BCUT2D eigenvalue weighted by molar-refractivity contribution is -0.121. The van der Waals surface area contributed by atoms with Crippen LogP contribution in [0.2, 0.25) is 0 Å². The lowest BCUT2D eigenvalue weighted by Crippen LogP contribution is -2.45. The summed E-state index contributed by atoms with van der Waals surface area (Å²) in [5, 5.41) is 0. The van der Waals surface area contributed by atoms with Crippen molar-refractivity contribution in [3.05, 3.63) is 11.1 Å². The van der Waals surface area contributed by atoms with Crippen LogP contribution in [0.25, 0.3) is 0 Å². The van der Waals surface area contributed by atoms with Crippen molar-refractivity contribution >= 4 is 5.78 Å². The third-order valence-corrected chi connectivity index (χ3v) is 4.26. The number of allylic oxidation sites excluding steroid dienone is 2. The van der Waals surface area contributed by atoms with Crippen molar-refractivity contribution in [3.8, 4) is 0 Å². The van der Waals surface area contributed by atoms with Gasteiger partial charge < -0.3 is 0 Å². The molecule has 3 rings (SSSR count). The lowest BCUT2D eigenvalue weighted by Gasteiger charge is -2.54. The number of hydrogen-bond acceptors (Lipinski definition) is 1. The Bertz CT molecular complexity index is 296. The van der Waals surface area contributed by atoms with E-state index in [9.17, 15) is 4.79 Å². The van der Waals surface area contributed by atoms with Gasteiger partial charge in [-0.15, -0.1) is 0 Å². The van der Waals surface area contributed by atoms with Crippen molar-refractivity contribution in [1.29, 1.82) is 0 Å². The van der Waals surface area contributed by atoms with Crippen molar-refractivity contribution in [1.82, 2.24) is 0 Å². The standard InChI is InChI=1S/C12H18O/c1-7-10(8(2)13)5-9-6-11(7)12(9,3)4/h9-10H,5-6H2,1-4H3. The topological polar surface area (TPSA) is 17.1 Å². The summed E-state index contributed by atoms with van der Waals surface area (Å²) in [7, 11) is 0. The second-order valence-corrected chi connectivity index (χ2v) is 5.18. The van der Waals surface area contributed by atoms with Gasteiger partial charge in [0.2, 0.25) is 0 Å².